The zero-order valence-corrected chi connectivity index (χ0v) is 13.1. The highest BCUT2D eigenvalue weighted by Crippen LogP contribution is 2.20. The molecular weight excluding hydrogens is 284 g/mol. The number of sulfone groups is 1. The van der Waals surface area contributed by atoms with Gasteiger partial charge in [-0.15, -0.1) is 0 Å². The van der Waals surface area contributed by atoms with Crippen molar-refractivity contribution in [3.8, 4) is 0 Å². The number of nitrogens with zero attached hydrogens (tertiary/aromatic N) is 1. The minimum Gasteiger partial charge on any atom is -0.377 e. The lowest BCUT2D eigenvalue weighted by atomic mass is 10.1. The molecule has 19 heavy (non-hydrogen) atoms. The molecule has 2 saturated heterocycles. The largest absolute Gasteiger partial charge is 0.377 e. The Morgan fingerprint density at radius 3 is 2.79 bits per heavy atom. The van der Waals surface area contributed by atoms with E-state index in [-0.39, 0.29) is 5.37 Å². The fourth-order valence-electron chi connectivity index (χ4n) is 2.56. The zero-order valence-electron chi connectivity index (χ0n) is 11.5. The quantitative estimate of drug-likeness (QED) is 0.782. The Hall–Kier alpha value is 0.180. The van der Waals surface area contributed by atoms with Crippen molar-refractivity contribution in [1.82, 2.24) is 10.2 Å². The standard InChI is InChI=1S/C12H24N2O3S2/c1-19(15,16)12-10-18-9-7-14(12)6-8-17-11-2-4-13-5-3-11/h11-13H,2-10H2,1H3. The summed E-state index contributed by atoms with van der Waals surface area (Å²) in [6.07, 6.45) is 3.80. The number of rotatable bonds is 5. The Labute approximate surface area is 120 Å². The van der Waals surface area contributed by atoms with Crippen LogP contribution in [0.4, 0.5) is 0 Å². The molecule has 1 atom stereocenters. The van der Waals surface area contributed by atoms with Crippen LogP contribution in [0, 0.1) is 0 Å². The van der Waals surface area contributed by atoms with E-state index in [0.717, 1.165) is 44.8 Å². The molecule has 0 aromatic heterocycles. The summed E-state index contributed by atoms with van der Waals surface area (Å²) >= 11 is 1.73. The van der Waals surface area contributed by atoms with E-state index in [1.54, 1.807) is 11.8 Å². The summed E-state index contributed by atoms with van der Waals surface area (Å²) in [5.41, 5.74) is 0. The summed E-state index contributed by atoms with van der Waals surface area (Å²) in [6.45, 7) is 4.26. The lowest BCUT2D eigenvalue weighted by Crippen LogP contribution is -2.48. The molecule has 5 nitrogen and oxygen atoms in total. The van der Waals surface area contributed by atoms with E-state index in [1.165, 1.54) is 6.26 Å². The van der Waals surface area contributed by atoms with E-state index in [2.05, 4.69) is 10.2 Å². The van der Waals surface area contributed by atoms with Crippen molar-refractivity contribution in [3.05, 3.63) is 0 Å². The van der Waals surface area contributed by atoms with Crippen LogP contribution in [0.15, 0.2) is 0 Å². The van der Waals surface area contributed by atoms with Crippen molar-refractivity contribution in [3.63, 3.8) is 0 Å². The average molecular weight is 308 g/mol. The number of hydrogen-bond acceptors (Lipinski definition) is 6. The normalized spacial score (nSPS) is 27.5. The molecule has 2 heterocycles. The molecule has 0 amide bonds. The predicted octanol–water partition coefficient (Wildman–Crippen LogP) is 0.175. The van der Waals surface area contributed by atoms with Gasteiger partial charge in [0, 0.05) is 30.9 Å². The second-order valence-electron chi connectivity index (χ2n) is 5.22. The van der Waals surface area contributed by atoms with Gasteiger partial charge >= 0.3 is 0 Å². The van der Waals surface area contributed by atoms with E-state index in [0.29, 0.717) is 18.5 Å². The fraction of sp³-hybridized carbons (Fsp3) is 1.00. The molecule has 2 aliphatic heterocycles. The molecule has 0 radical (unpaired) electrons. The molecule has 7 heteroatoms. The highest BCUT2D eigenvalue weighted by Gasteiger charge is 2.30. The van der Waals surface area contributed by atoms with Crippen molar-refractivity contribution in [2.24, 2.45) is 0 Å². The van der Waals surface area contributed by atoms with Gasteiger partial charge in [-0.25, -0.2) is 8.42 Å². The second kappa shape index (κ2) is 7.26. The minimum absolute atomic E-state index is 0.331. The summed E-state index contributed by atoms with van der Waals surface area (Å²) in [6, 6.07) is 0. The zero-order chi connectivity index (χ0) is 13.7. The highest BCUT2D eigenvalue weighted by atomic mass is 32.2. The number of nitrogens with one attached hydrogen (secondary N) is 1. The fourth-order valence-corrected chi connectivity index (χ4v) is 5.54. The van der Waals surface area contributed by atoms with Crippen LogP contribution in [0.25, 0.3) is 0 Å². The van der Waals surface area contributed by atoms with E-state index >= 15 is 0 Å². The third-order valence-electron chi connectivity index (χ3n) is 3.70. The number of ether oxygens (including phenoxy) is 1. The summed E-state index contributed by atoms with van der Waals surface area (Å²) < 4.78 is 29.4. The maximum atomic E-state index is 11.8. The first-order valence-corrected chi connectivity index (χ1v) is 10.0. The first-order valence-electron chi connectivity index (χ1n) is 6.90. The van der Waals surface area contributed by atoms with Gasteiger partial charge in [-0.2, -0.15) is 11.8 Å². The molecule has 0 aromatic rings. The molecule has 112 valence electrons. The smallest absolute Gasteiger partial charge is 0.164 e. The van der Waals surface area contributed by atoms with E-state index < -0.39 is 9.84 Å². The van der Waals surface area contributed by atoms with Crippen LogP contribution in [0.1, 0.15) is 12.8 Å². The predicted molar refractivity (Wildman–Crippen MR) is 79.4 cm³/mol. The van der Waals surface area contributed by atoms with Gasteiger partial charge in [0.1, 0.15) is 5.37 Å². The topological polar surface area (TPSA) is 58.6 Å². The Balaban J connectivity index is 1.76. The molecule has 0 aliphatic carbocycles. The molecular formula is C12H24N2O3S2. The minimum atomic E-state index is -2.99. The van der Waals surface area contributed by atoms with E-state index in [9.17, 15) is 8.42 Å². The van der Waals surface area contributed by atoms with E-state index in [1.807, 2.05) is 0 Å². The lowest BCUT2D eigenvalue weighted by Gasteiger charge is -2.34. The maximum absolute atomic E-state index is 11.8. The average Bonchev–Trinajstić information content (AvgIpc) is 2.39. The first-order chi connectivity index (χ1) is 9.07. The van der Waals surface area contributed by atoms with Crippen LogP contribution >= 0.6 is 11.8 Å². The molecule has 0 aromatic carbocycles. The lowest BCUT2D eigenvalue weighted by molar-refractivity contribution is 0.0196. The SMILES string of the molecule is CS(=O)(=O)C1CSCCN1CCOC1CCNCC1. The van der Waals surface area contributed by atoms with Gasteiger partial charge < -0.3 is 10.1 Å². The van der Waals surface area contributed by atoms with Crippen molar-refractivity contribution in [2.45, 2.75) is 24.3 Å². The summed E-state index contributed by atoms with van der Waals surface area (Å²) in [5, 5.41) is 2.98. The molecule has 1 unspecified atom stereocenters. The number of thioether (sulfide) groups is 1. The molecule has 1 N–H and O–H groups in total. The van der Waals surface area contributed by atoms with Crippen LogP contribution in [0.5, 0.6) is 0 Å². The molecule has 0 bridgehead atoms. The third kappa shape index (κ3) is 4.90. The summed E-state index contributed by atoms with van der Waals surface area (Å²) in [5.74, 6) is 1.70. The molecule has 2 rings (SSSR count). The maximum Gasteiger partial charge on any atom is 0.164 e. The van der Waals surface area contributed by atoms with Gasteiger partial charge in [0.05, 0.1) is 12.7 Å². The molecule has 2 aliphatic rings. The first kappa shape index (κ1) is 15.6. The summed E-state index contributed by atoms with van der Waals surface area (Å²) in [7, 11) is -2.99. The number of hydrogen-bond donors (Lipinski definition) is 1. The Morgan fingerprint density at radius 2 is 2.11 bits per heavy atom. The van der Waals surface area contributed by atoms with E-state index in [4.69, 9.17) is 4.74 Å². The van der Waals surface area contributed by atoms with Crippen LogP contribution in [0.2, 0.25) is 0 Å². The van der Waals surface area contributed by atoms with Crippen LogP contribution < -0.4 is 5.32 Å². The van der Waals surface area contributed by atoms with Gasteiger partial charge in [0.2, 0.25) is 0 Å². The Morgan fingerprint density at radius 1 is 1.37 bits per heavy atom. The molecule has 0 saturated carbocycles. The molecule has 0 spiro atoms. The monoisotopic (exact) mass is 308 g/mol. The van der Waals surface area contributed by atoms with Gasteiger partial charge in [-0.05, 0) is 25.9 Å². The van der Waals surface area contributed by atoms with Crippen LogP contribution in [0.3, 0.4) is 0 Å². The summed E-state index contributed by atoms with van der Waals surface area (Å²) in [4.78, 5) is 2.06. The Kier molecular flexibility index (Phi) is 5.95. The second-order valence-corrected chi connectivity index (χ2v) is 8.57. The Bertz CT molecular complexity index is 369. The van der Waals surface area contributed by atoms with Crippen LogP contribution in [-0.2, 0) is 14.6 Å². The van der Waals surface area contributed by atoms with Crippen LogP contribution in [-0.4, -0.2) is 75.3 Å². The van der Waals surface area contributed by atoms with Crippen molar-refractivity contribution in [1.29, 1.82) is 0 Å². The van der Waals surface area contributed by atoms with Gasteiger partial charge in [-0.3, -0.25) is 4.90 Å². The third-order valence-corrected chi connectivity index (χ3v) is 6.39. The number of piperidine rings is 1. The van der Waals surface area contributed by atoms with Crippen molar-refractivity contribution >= 4 is 21.6 Å². The van der Waals surface area contributed by atoms with Crippen molar-refractivity contribution < 1.29 is 13.2 Å². The molecule has 2 fully saturated rings. The highest BCUT2D eigenvalue weighted by molar-refractivity contribution is 8.00. The van der Waals surface area contributed by atoms with Gasteiger partial charge in [0.25, 0.3) is 0 Å². The van der Waals surface area contributed by atoms with Crippen molar-refractivity contribution in [2.75, 3.05) is 50.5 Å². The van der Waals surface area contributed by atoms with Gasteiger partial charge in [-0.1, -0.05) is 0 Å². The van der Waals surface area contributed by atoms with Gasteiger partial charge in [0.15, 0.2) is 9.84 Å².